The van der Waals surface area contributed by atoms with E-state index in [4.69, 9.17) is 15.2 Å². The number of hydrogen-bond donors (Lipinski definition) is 1. The SMILES string of the molecule is CCOC(=O)CN(CCOC)C(=O)C1(N)CCCC(C)C1. The monoisotopic (exact) mass is 300 g/mol. The van der Waals surface area contributed by atoms with Gasteiger partial charge in [0.25, 0.3) is 0 Å². The number of ether oxygens (including phenoxy) is 2. The highest BCUT2D eigenvalue weighted by Gasteiger charge is 2.41. The van der Waals surface area contributed by atoms with Gasteiger partial charge in [0.2, 0.25) is 5.91 Å². The lowest BCUT2D eigenvalue weighted by atomic mass is 9.76. The Hall–Kier alpha value is -1.14. The predicted octanol–water partition coefficient (Wildman–Crippen LogP) is 0.932. The van der Waals surface area contributed by atoms with E-state index in [1.807, 2.05) is 0 Å². The van der Waals surface area contributed by atoms with Crippen LogP contribution in [0.3, 0.4) is 0 Å². The third-order valence-corrected chi connectivity index (χ3v) is 3.94. The topological polar surface area (TPSA) is 81.9 Å². The molecule has 0 radical (unpaired) electrons. The van der Waals surface area contributed by atoms with Gasteiger partial charge in [-0.2, -0.15) is 0 Å². The molecule has 6 heteroatoms. The lowest BCUT2D eigenvalue weighted by Gasteiger charge is -2.38. The summed E-state index contributed by atoms with van der Waals surface area (Å²) < 4.78 is 9.95. The molecule has 1 aliphatic rings. The van der Waals surface area contributed by atoms with Crippen molar-refractivity contribution >= 4 is 11.9 Å². The van der Waals surface area contributed by atoms with Crippen LogP contribution in [0.4, 0.5) is 0 Å². The largest absolute Gasteiger partial charge is 0.465 e. The zero-order chi connectivity index (χ0) is 15.9. The molecule has 2 atom stereocenters. The van der Waals surface area contributed by atoms with Crippen molar-refractivity contribution in [1.82, 2.24) is 4.90 Å². The predicted molar refractivity (Wildman–Crippen MR) is 79.6 cm³/mol. The van der Waals surface area contributed by atoms with Gasteiger partial charge in [0, 0.05) is 13.7 Å². The number of esters is 1. The first-order valence-electron chi connectivity index (χ1n) is 7.65. The average Bonchev–Trinajstić information content (AvgIpc) is 2.42. The van der Waals surface area contributed by atoms with Gasteiger partial charge < -0.3 is 20.1 Å². The van der Waals surface area contributed by atoms with Crippen LogP contribution in [0.1, 0.15) is 39.5 Å². The second-order valence-corrected chi connectivity index (χ2v) is 5.88. The van der Waals surface area contributed by atoms with Crippen molar-refractivity contribution < 1.29 is 19.1 Å². The number of nitrogens with two attached hydrogens (primary N) is 1. The molecule has 0 aromatic rings. The lowest BCUT2D eigenvalue weighted by molar-refractivity contribution is -0.152. The summed E-state index contributed by atoms with van der Waals surface area (Å²) in [7, 11) is 1.56. The van der Waals surface area contributed by atoms with Gasteiger partial charge in [-0.15, -0.1) is 0 Å². The first kappa shape index (κ1) is 17.9. The summed E-state index contributed by atoms with van der Waals surface area (Å²) >= 11 is 0. The molecule has 0 aromatic carbocycles. The van der Waals surface area contributed by atoms with E-state index in [9.17, 15) is 9.59 Å². The van der Waals surface area contributed by atoms with Crippen molar-refractivity contribution in [2.45, 2.75) is 45.1 Å². The van der Waals surface area contributed by atoms with E-state index in [0.717, 1.165) is 12.8 Å². The van der Waals surface area contributed by atoms with E-state index in [1.54, 1.807) is 14.0 Å². The Kier molecular flexibility index (Phi) is 7.11. The van der Waals surface area contributed by atoms with E-state index in [-0.39, 0.29) is 12.5 Å². The molecule has 1 rings (SSSR count). The van der Waals surface area contributed by atoms with Crippen LogP contribution in [0.2, 0.25) is 0 Å². The standard InChI is InChI=1S/C15H28N2O4/c1-4-21-13(18)11-17(8-9-20-3)14(19)15(16)7-5-6-12(2)10-15/h12H,4-11,16H2,1-3H3. The third-order valence-electron chi connectivity index (χ3n) is 3.94. The van der Waals surface area contributed by atoms with Crippen molar-refractivity contribution in [3.8, 4) is 0 Å². The van der Waals surface area contributed by atoms with Crippen LogP contribution >= 0.6 is 0 Å². The van der Waals surface area contributed by atoms with Crippen molar-refractivity contribution in [1.29, 1.82) is 0 Å². The second kappa shape index (κ2) is 8.34. The highest BCUT2D eigenvalue weighted by Crippen LogP contribution is 2.31. The van der Waals surface area contributed by atoms with Crippen LogP contribution in [0.25, 0.3) is 0 Å². The summed E-state index contributed by atoms with van der Waals surface area (Å²) in [6, 6.07) is 0. The van der Waals surface area contributed by atoms with Gasteiger partial charge in [-0.1, -0.05) is 19.8 Å². The number of nitrogens with zero attached hydrogens (tertiary/aromatic N) is 1. The summed E-state index contributed by atoms with van der Waals surface area (Å²) in [6.45, 7) is 4.81. The summed E-state index contributed by atoms with van der Waals surface area (Å²) in [6.07, 6.45) is 3.38. The van der Waals surface area contributed by atoms with Crippen LogP contribution in [0.15, 0.2) is 0 Å². The molecule has 0 saturated heterocycles. The third kappa shape index (κ3) is 5.28. The van der Waals surface area contributed by atoms with Crippen LogP contribution < -0.4 is 5.73 Å². The smallest absolute Gasteiger partial charge is 0.325 e. The minimum Gasteiger partial charge on any atom is -0.465 e. The summed E-state index contributed by atoms with van der Waals surface area (Å²) in [5.74, 6) is -0.145. The van der Waals surface area contributed by atoms with Gasteiger partial charge >= 0.3 is 5.97 Å². The quantitative estimate of drug-likeness (QED) is 0.707. The Bertz CT molecular complexity index is 362. The number of rotatable bonds is 7. The van der Waals surface area contributed by atoms with E-state index in [0.29, 0.717) is 38.5 Å². The highest BCUT2D eigenvalue weighted by atomic mass is 16.5. The molecule has 122 valence electrons. The number of amides is 1. The molecular formula is C15H28N2O4. The van der Waals surface area contributed by atoms with Gasteiger partial charge in [0.05, 0.1) is 18.8 Å². The minimum absolute atomic E-state index is 0.0661. The van der Waals surface area contributed by atoms with E-state index >= 15 is 0 Å². The van der Waals surface area contributed by atoms with Crippen LogP contribution in [0, 0.1) is 5.92 Å². The van der Waals surface area contributed by atoms with Crippen molar-refractivity contribution in [2.24, 2.45) is 11.7 Å². The Balaban J connectivity index is 2.75. The zero-order valence-electron chi connectivity index (χ0n) is 13.4. The first-order chi connectivity index (χ1) is 9.92. The Morgan fingerprint density at radius 2 is 2.14 bits per heavy atom. The molecule has 1 saturated carbocycles. The summed E-state index contributed by atoms with van der Waals surface area (Å²) in [5.41, 5.74) is 5.47. The summed E-state index contributed by atoms with van der Waals surface area (Å²) in [4.78, 5) is 25.9. The normalized spacial score (nSPS) is 25.4. The maximum absolute atomic E-state index is 12.7. The van der Waals surface area contributed by atoms with Crippen LogP contribution in [0.5, 0.6) is 0 Å². The molecular weight excluding hydrogens is 272 g/mol. The van der Waals surface area contributed by atoms with Gasteiger partial charge in [0.1, 0.15) is 6.54 Å². The molecule has 0 spiro atoms. The Morgan fingerprint density at radius 3 is 2.71 bits per heavy atom. The van der Waals surface area contributed by atoms with Gasteiger partial charge in [-0.3, -0.25) is 9.59 Å². The van der Waals surface area contributed by atoms with Crippen LogP contribution in [-0.4, -0.2) is 55.7 Å². The van der Waals surface area contributed by atoms with E-state index in [1.165, 1.54) is 4.90 Å². The maximum Gasteiger partial charge on any atom is 0.325 e. The van der Waals surface area contributed by atoms with Gasteiger partial charge in [0.15, 0.2) is 0 Å². The zero-order valence-corrected chi connectivity index (χ0v) is 13.4. The average molecular weight is 300 g/mol. The fourth-order valence-corrected chi connectivity index (χ4v) is 2.92. The van der Waals surface area contributed by atoms with Crippen molar-refractivity contribution in [3.63, 3.8) is 0 Å². The summed E-state index contributed by atoms with van der Waals surface area (Å²) in [5, 5.41) is 0. The number of methoxy groups -OCH3 is 1. The molecule has 1 amide bonds. The molecule has 6 nitrogen and oxygen atoms in total. The van der Waals surface area contributed by atoms with Crippen molar-refractivity contribution in [2.75, 3.05) is 33.4 Å². The molecule has 21 heavy (non-hydrogen) atoms. The van der Waals surface area contributed by atoms with Gasteiger partial charge in [-0.25, -0.2) is 0 Å². The number of carbonyl (C=O) groups is 2. The van der Waals surface area contributed by atoms with E-state index in [2.05, 4.69) is 6.92 Å². The molecule has 2 unspecified atom stereocenters. The first-order valence-corrected chi connectivity index (χ1v) is 7.65. The lowest BCUT2D eigenvalue weighted by Crippen LogP contribution is -2.58. The van der Waals surface area contributed by atoms with Gasteiger partial charge in [-0.05, 0) is 25.7 Å². The fraction of sp³-hybridized carbons (Fsp3) is 0.867. The molecule has 1 fully saturated rings. The number of hydrogen-bond acceptors (Lipinski definition) is 5. The van der Waals surface area contributed by atoms with E-state index < -0.39 is 11.5 Å². The molecule has 2 N–H and O–H groups in total. The Labute approximate surface area is 126 Å². The second-order valence-electron chi connectivity index (χ2n) is 5.88. The highest BCUT2D eigenvalue weighted by molar-refractivity contribution is 5.89. The fourth-order valence-electron chi connectivity index (χ4n) is 2.92. The molecule has 0 heterocycles. The van der Waals surface area contributed by atoms with Crippen LogP contribution in [-0.2, 0) is 19.1 Å². The molecule has 0 bridgehead atoms. The maximum atomic E-state index is 12.7. The minimum atomic E-state index is -0.863. The molecule has 0 aromatic heterocycles. The number of carbonyl (C=O) groups excluding carboxylic acids is 2. The molecule has 0 aliphatic heterocycles. The van der Waals surface area contributed by atoms with Crippen molar-refractivity contribution in [3.05, 3.63) is 0 Å². The molecule has 1 aliphatic carbocycles. The Morgan fingerprint density at radius 1 is 1.43 bits per heavy atom.